The number of likely N-dealkylation sites (N-methyl/N-ethyl adjacent to an activating group) is 2. The molecule has 0 aliphatic carbocycles. The summed E-state index contributed by atoms with van der Waals surface area (Å²) in [5.41, 5.74) is 4.84. The van der Waals surface area contributed by atoms with Gasteiger partial charge in [0.1, 0.15) is 5.75 Å². The Morgan fingerprint density at radius 3 is 2.18 bits per heavy atom. The van der Waals surface area contributed by atoms with E-state index < -0.39 is 5.97 Å². The quantitative estimate of drug-likeness (QED) is 0.196. The molecule has 2 aliphatic heterocycles. The number of amides is 1. The number of aromatic hydroxyl groups is 1. The van der Waals surface area contributed by atoms with Crippen LogP contribution in [0.2, 0.25) is 0 Å². The van der Waals surface area contributed by atoms with E-state index in [1.54, 1.807) is 39.3 Å². The van der Waals surface area contributed by atoms with Gasteiger partial charge in [-0.15, -0.1) is 0 Å². The summed E-state index contributed by atoms with van der Waals surface area (Å²) in [6.07, 6.45) is 2.12. The van der Waals surface area contributed by atoms with Crippen LogP contribution in [-0.2, 0) is 24.0 Å². The molecule has 2 aliphatic rings. The minimum atomic E-state index is -0.527. The van der Waals surface area contributed by atoms with Crippen LogP contribution in [0.4, 0.5) is 0 Å². The third-order valence-corrected chi connectivity index (χ3v) is 9.21. The summed E-state index contributed by atoms with van der Waals surface area (Å²) >= 11 is 0. The maximum absolute atomic E-state index is 13.1. The molecule has 256 valence electrons. The smallest absolute Gasteiger partial charge is 0.337 e. The minimum Gasteiger partial charge on any atom is -0.504 e. The molecule has 0 saturated carbocycles. The van der Waals surface area contributed by atoms with Crippen LogP contribution in [0.25, 0.3) is 0 Å². The molecule has 4 aromatic rings. The van der Waals surface area contributed by atoms with E-state index in [4.69, 9.17) is 28.4 Å². The first-order chi connectivity index (χ1) is 23.6. The van der Waals surface area contributed by atoms with E-state index in [9.17, 15) is 14.7 Å². The summed E-state index contributed by atoms with van der Waals surface area (Å²) in [6.45, 7) is 1.45. The second kappa shape index (κ2) is 14.0. The molecular weight excluding hydrogens is 628 g/mol. The van der Waals surface area contributed by atoms with E-state index in [-0.39, 0.29) is 29.0 Å². The summed E-state index contributed by atoms with van der Waals surface area (Å²) in [4.78, 5) is 29.1. The molecule has 0 fully saturated rings. The summed E-state index contributed by atoms with van der Waals surface area (Å²) in [5, 5.41) is 10.3. The highest BCUT2D eigenvalue weighted by Crippen LogP contribution is 2.51. The zero-order valence-corrected chi connectivity index (χ0v) is 28.5. The molecular formula is C38H40N2O9. The van der Waals surface area contributed by atoms with Gasteiger partial charge < -0.3 is 38.4 Å². The van der Waals surface area contributed by atoms with E-state index in [1.165, 1.54) is 25.3 Å². The molecule has 4 aromatic carbocycles. The molecule has 0 saturated heterocycles. The molecule has 11 heteroatoms. The minimum absolute atomic E-state index is 0.0650. The first-order valence-electron chi connectivity index (χ1n) is 16.0. The van der Waals surface area contributed by atoms with E-state index in [0.717, 1.165) is 41.6 Å². The van der Waals surface area contributed by atoms with Crippen LogP contribution in [0.15, 0.2) is 60.7 Å². The molecule has 0 aromatic heterocycles. The molecule has 1 atom stereocenters. The highest BCUT2D eigenvalue weighted by atomic mass is 16.5. The second-order valence-corrected chi connectivity index (χ2v) is 12.1. The lowest BCUT2D eigenvalue weighted by Gasteiger charge is -2.37. The zero-order valence-electron chi connectivity index (χ0n) is 28.5. The summed E-state index contributed by atoms with van der Waals surface area (Å²) < 4.78 is 34.9. The van der Waals surface area contributed by atoms with Gasteiger partial charge in [0, 0.05) is 37.3 Å². The number of hydrogen-bond acceptors (Lipinski definition) is 10. The van der Waals surface area contributed by atoms with Gasteiger partial charge in [-0.2, -0.15) is 0 Å². The third kappa shape index (κ3) is 6.54. The van der Waals surface area contributed by atoms with Gasteiger partial charge in [-0.3, -0.25) is 9.69 Å². The lowest BCUT2D eigenvalue weighted by Crippen LogP contribution is -2.34. The highest BCUT2D eigenvalue weighted by Gasteiger charge is 2.34. The molecule has 0 radical (unpaired) electrons. The topological polar surface area (TPSA) is 116 Å². The molecule has 49 heavy (non-hydrogen) atoms. The third-order valence-electron chi connectivity index (χ3n) is 9.21. The van der Waals surface area contributed by atoms with Crippen molar-refractivity contribution in [1.29, 1.82) is 0 Å². The van der Waals surface area contributed by atoms with Crippen molar-refractivity contribution >= 4 is 11.9 Å². The fraction of sp³-hybridized carbons (Fsp3) is 0.316. The number of nitrogens with zero attached hydrogens (tertiary/aromatic N) is 2. The Kier molecular flexibility index (Phi) is 9.55. The van der Waals surface area contributed by atoms with E-state index >= 15 is 0 Å². The predicted molar refractivity (Wildman–Crippen MR) is 182 cm³/mol. The first kappa shape index (κ1) is 33.5. The lowest BCUT2D eigenvalue weighted by atomic mass is 9.87. The molecule has 6 rings (SSSR count). The molecule has 0 bridgehead atoms. The predicted octanol–water partition coefficient (Wildman–Crippen LogP) is 6.19. The van der Waals surface area contributed by atoms with Crippen molar-refractivity contribution in [2.24, 2.45) is 0 Å². The van der Waals surface area contributed by atoms with E-state index in [0.29, 0.717) is 53.0 Å². The number of fused-ring (bicyclic) bond motifs is 2. The standard InChI is InChI=1S/C38H40N2O9/c1-39-15-14-24-19-33(45-4)35(46-5)36(49-32-21-27-23(18-31(32)44-3)13-16-40(2)37(27)42)34(24)28(39)17-22-7-10-26(11-8-22)48-30-20-25(38(43)47-6)9-12-29(30)41/h7-12,18-21,28,41H,13-17H2,1-6H3/t28-/m0/s1. The van der Waals surface area contributed by atoms with Crippen molar-refractivity contribution < 1.29 is 43.1 Å². The number of esters is 1. The number of phenols is 1. The maximum Gasteiger partial charge on any atom is 0.337 e. The van der Waals surface area contributed by atoms with Crippen LogP contribution in [0, 0.1) is 0 Å². The number of rotatable bonds is 10. The molecule has 1 amide bonds. The van der Waals surface area contributed by atoms with Gasteiger partial charge >= 0.3 is 5.97 Å². The van der Waals surface area contributed by atoms with E-state index in [2.05, 4.69) is 11.9 Å². The number of carbonyl (C=O) groups is 2. The first-order valence-corrected chi connectivity index (χ1v) is 16.0. The molecule has 0 unspecified atom stereocenters. The van der Waals surface area contributed by atoms with Crippen LogP contribution in [-0.4, -0.2) is 82.4 Å². The monoisotopic (exact) mass is 668 g/mol. The van der Waals surface area contributed by atoms with Gasteiger partial charge in [0.25, 0.3) is 5.91 Å². The zero-order chi connectivity index (χ0) is 34.8. The van der Waals surface area contributed by atoms with Crippen molar-refractivity contribution in [3.8, 4) is 46.0 Å². The summed E-state index contributed by atoms with van der Waals surface area (Å²) in [7, 11) is 9.94. The largest absolute Gasteiger partial charge is 0.504 e. The van der Waals surface area contributed by atoms with Crippen molar-refractivity contribution in [2.75, 3.05) is 55.6 Å². The Hall–Kier alpha value is -5.42. The Morgan fingerprint density at radius 1 is 0.776 bits per heavy atom. The number of hydrogen-bond donors (Lipinski definition) is 1. The number of phenolic OH excluding ortho intramolecular Hbond substituents is 1. The van der Waals surface area contributed by atoms with Gasteiger partial charge in [-0.1, -0.05) is 12.1 Å². The summed E-state index contributed by atoms with van der Waals surface area (Å²) in [5.74, 6) is 2.38. The Labute approximate surface area is 285 Å². The van der Waals surface area contributed by atoms with Crippen LogP contribution in [0.1, 0.15) is 49.0 Å². The average molecular weight is 669 g/mol. The molecule has 1 N–H and O–H groups in total. The SMILES string of the molecule is COC(=O)c1ccc(O)c(Oc2ccc(C[C@H]3c4c(cc(OC)c(OC)c4Oc4cc5c(cc4OC)CCN(C)C5=O)CCN3C)cc2)c1. The Bertz CT molecular complexity index is 1890. The van der Waals surface area contributed by atoms with Gasteiger partial charge in [-0.25, -0.2) is 4.79 Å². The molecule has 0 spiro atoms. The van der Waals surface area contributed by atoms with Crippen LogP contribution in [0.5, 0.6) is 46.0 Å². The van der Waals surface area contributed by atoms with Crippen LogP contribution >= 0.6 is 0 Å². The fourth-order valence-electron chi connectivity index (χ4n) is 6.47. The van der Waals surface area contributed by atoms with Crippen LogP contribution < -0.4 is 23.7 Å². The van der Waals surface area contributed by atoms with Gasteiger partial charge in [0.2, 0.25) is 5.75 Å². The second-order valence-electron chi connectivity index (χ2n) is 12.1. The average Bonchev–Trinajstić information content (AvgIpc) is 3.12. The van der Waals surface area contributed by atoms with Crippen molar-refractivity contribution in [3.63, 3.8) is 0 Å². The van der Waals surface area contributed by atoms with Gasteiger partial charge in [-0.05, 0) is 91.5 Å². The number of benzene rings is 4. The van der Waals surface area contributed by atoms with Crippen molar-refractivity contribution in [1.82, 2.24) is 9.80 Å². The van der Waals surface area contributed by atoms with Gasteiger partial charge in [0.05, 0.1) is 34.0 Å². The van der Waals surface area contributed by atoms with E-state index in [1.807, 2.05) is 36.4 Å². The highest BCUT2D eigenvalue weighted by molar-refractivity contribution is 5.97. The van der Waals surface area contributed by atoms with Crippen LogP contribution in [0.3, 0.4) is 0 Å². The number of carbonyl (C=O) groups excluding carboxylic acids is 2. The lowest BCUT2D eigenvalue weighted by molar-refractivity contribution is 0.0600. The van der Waals surface area contributed by atoms with Gasteiger partial charge in [0.15, 0.2) is 34.5 Å². The number of methoxy groups -OCH3 is 4. The molecule has 11 nitrogen and oxygen atoms in total. The fourth-order valence-corrected chi connectivity index (χ4v) is 6.47. The Morgan fingerprint density at radius 2 is 1.49 bits per heavy atom. The molecule has 2 heterocycles. The summed E-state index contributed by atoms with van der Waals surface area (Å²) in [6, 6.07) is 17.4. The maximum atomic E-state index is 13.1. The normalized spacial score (nSPS) is 15.6. The Balaban J connectivity index is 1.35. The number of ether oxygens (including phenoxy) is 6. The van der Waals surface area contributed by atoms with Crippen molar-refractivity contribution in [2.45, 2.75) is 25.3 Å². The van der Waals surface area contributed by atoms with Crippen molar-refractivity contribution in [3.05, 3.63) is 94.0 Å².